The molecule has 1 aromatic carbocycles. The largest absolute Gasteiger partial charge is 0.399 e. The Kier molecular flexibility index (Phi) is 3.71. The average Bonchev–Trinajstić information content (AvgIpc) is 2.83. The molecule has 0 bridgehead atoms. The number of nitrogens with two attached hydrogens (primary N) is 1. The Hall–Kier alpha value is -1.52. The summed E-state index contributed by atoms with van der Waals surface area (Å²) in [6, 6.07) is 6.06. The zero-order valence-electron chi connectivity index (χ0n) is 11.2. The lowest BCUT2D eigenvalue weighted by atomic mass is 10.1. The van der Waals surface area contributed by atoms with Gasteiger partial charge in [-0.15, -0.1) is 0 Å². The summed E-state index contributed by atoms with van der Waals surface area (Å²) in [7, 11) is 0. The number of morpholine rings is 1. The number of aryl methyl sites for hydroxylation is 1. The molecule has 1 fully saturated rings. The van der Waals surface area contributed by atoms with Gasteiger partial charge in [0.2, 0.25) is 0 Å². The van der Waals surface area contributed by atoms with Gasteiger partial charge in [0.1, 0.15) is 0 Å². The van der Waals surface area contributed by atoms with Crippen LogP contribution < -0.4 is 5.73 Å². The number of benzene rings is 1. The van der Waals surface area contributed by atoms with E-state index in [0.29, 0.717) is 0 Å². The van der Waals surface area contributed by atoms with Gasteiger partial charge in [0, 0.05) is 35.9 Å². The molecule has 1 aromatic heterocycles. The maximum Gasteiger partial charge on any atom is 0.0594 e. The van der Waals surface area contributed by atoms with E-state index in [1.165, 1.54) is 22.9 Å². The second-order valence-electron chi connectivity index (χ2n) is 5.18. The van der Waals surface area contributed by atoms with E-state index in [1.807, 2.05) is 6.07 Å². The number of nitrogen functional groups attached to an aromatic ring is 1. The minimum absolute atomic E-state index is 0.835. The van der Waals surface area contributed by atoms with Crippen LogP contribution in [0.2, 0.25) is 0 Å². The van der Waals surface area contributed by atoms with Crippen molar-refractivity contribution in [2.24, 2.45) is 0 Å². The Morgan fingerprint density at radius 2 is 2.11 bits per heavy atom. The van der Waals surface area contributed by atoms with Crippen LogP contribution in [0.3, 0.4) is 0 Å². The fourth-order valence-corrected chi connectivity index (χ4v) is 2.72. The summed E-state index contributed by atoms with van der Waals surface area (Å²) in [6.45, 7) is 5.05. The van der Waals surface area contributed by atoms with Gasteiger partial charge in [0.15, 0.2) is 0 Å². The van der Waals surface area contributed by atoms with Crippen LogP contribution in [0, 0.1) is 0 Å². The van der Waals surface area contributed by atoms with Gasteiger partial charge in [0.05, 0.1) is 13.2 Å². The summed E-state index contributed by atoms with van der Waals surface area (Å²) in [4.78, 5) is 5.79. The molecule has 0 saturated carbocycles. The Balaban J connectivity index is 1.60. The second kappa shape index (κ2) is 5.63. The number of nitrogens with zero attached hydrogens (tertiary/aromatic N) is 1. The van der Waals surface area contributed by atoms with Crippen molar-refractivity contribution in [2.45, 2.75) is 12.8 Å². The Labute approximate surface area is 113 Å². The number of aromatic amines is 1. The summed E-state index contributed by atoms with van der Waals surface area (Å²) < 4.78 is 5.36. The minimum Gasteiger partial charge on any atom is -0.399 e. The van der Waals surface area contributed by atoms with Crippen LogP contribution in [0.4, 0.5) is 5.69 Å². The van der Waals surface area contributed by atoms with E-state index in [2.05, 4.69) is 28.2 Å². The lowest BCUT2D eigenvalue weighted by molar-refractivity contribution is 0.0375. The van der Waals surface area contributed by atoms with Crippen molar-refractivity contribution < 1.29 is 4.74 Å². The van der Waals surface area contributed by atoms with Crippen LogP contribution in [0.5, 0.6) is 0 Å². The average molecular weight is 259 g/mol. The molecule has 1 aliphatic rings. The number of ether oxygens (including phenoxy) is 1. The van der Waals surface area contributed by atoms with E-state index in [-0.39, 0.29) is 0 Å². The van der Waals surface area contributed by atoms with Crippen molar-refractivity contribution in [3.63, 3.8) is 0 Å². The predicted octanol–water partition coefficient (Wildman–Crippen LogP) is 2.01. The highest BCUT2D eigenvalue weighted by molar-refractivity contribution is 5.86. The Morgan fingerprint density at radius 1 is 1.26 bits per heavy atom. The topological polar surface area (TPSA) is 54.3 Å². The fraction of sp³-hybridized carbons (Fsp3) is 0.467. The molecule has 1 aliphatic heterocycles. The van der Waals surface area contributed by atoms with Crippen molar-refractivity contribution in [3.8, 4) is 0 Å². The van der Waals surface area contributed by atoms with Gasteiger partial charge >= 0.3 is 0 Å². The van der Waals surface area contributed by atoms with Gasteiger partial charge in [0.25, 0.3) is 0 Å². The van der Waals surface area contributed by atoms with Crippen LogP contribution in [-0.2, 0) is 11.2 Å². The minimum atomic E-state index is 0.835. The quantitative estimate of drug-likeness (QED) is 0.826. The van der Waals surface area contributed by atoms with Gasteiger partial charge in [-0.05, 0) is 43.1 Å². The molecule has 4 nitrogen and oxygen atoms in total. The van der Waals surface area contributed by atoms with Gasteiger partial charge in [-0.3, -0.25) is 4.90 Å². The van der Waals surface area contributed by atoms with E-state index in [1.54, 1.807) is 0 Å². The molecule has 0 unspecified atom stereocenters. The molecule has 0 spiro atoms. The number of anilines is 1. The third-order valence-corrected chi connectivity index (χ3v) is 3.82. The molecule has 2 aromatic rings. The number of hydrogen-bond donors (Lipinski definition) is 2. The summed E-state index contributed by atoms with van der Waals surface area (Å²) in [5, 5.41) is 1.27. The van der Waals surface area contributed by atoms with Crippen LogP contribution in [0.25, 0.3) is 10.9 Å². The molecule has 3 rings (SSSR count). The van der Waals surface area contributed by atoms with Crippen LogP contribution >= 0.6 is 0 Å². The van der Waals surface area contributed by atoms with Gasteiger partial charge in [-0.25, -0.2) is 0 Å². The lowest BCUT2D eigenvalue weighted by Gasteiger charge is -2.26. The van der Waals surface area contributed by atoms with Crippen molar-refractivity contribution in [1.29, 1.82) is 0 Å². The zero-order chi connectivity index (χ0) is 13.1. The first-order valence-corrected chi connectivity index (χ1v) is 6.98. The molecular formula is C15H21N3O. The number of fused-ring (bicyclic) bond motifs is 1. The summed E-state index contributed by atoms with van der Waals surface area (Å²) in [5.41, 5.74) is 9.24. The van der Waals surface area contributed by atoms with Crippen molar-refractivity contribution in [1.82, 2.24) is 9.88 Å². The third-order valence-electron chi connectivity index (χ3n) is 3.82. The standard InChI is InChI=1S/C15H21N3O/c16-13-3-4-15-14(10-13)12(11-17-15)2-1-5-18-6-8-19-9-7-18/h3-4,10-11,17H,1-2,5-9,16H2. The number of nitrogens with one attached hydrogen (secondary N) is 1. The zero-order valence-corrected chi connectivity index (χ0v) is 11.2. The molecule has 0 radical (unpaired) electrons. The SMILES string of the molecule is Nc1ccc2[nH]cc(CCCN3CCOCC3)c2c1. The number of H-pyrrole nitrogens is 1. The molecule has 19 heavy (non-hydrogen) atoms. The summed E-state index contributed by atoms with van der Waals surface area (Å²) >= 11 is 0. The molecule has 0 aliphatic carbocycles. The molecule has 0 atom stereocenters. The monoisotopic (exact) mass is 259 g/mol. The number of rotatable bonds is 4. The first-order valence-electron chi connectivity index (χ1n) is 6.98. The highest BCUT2D eigenvalue weighted by atomic mass is 16.5. The van der Waals surface area contributed by atoms with E-state index in [4.69, 9.17) is 10.5 Å². The van der Waals surface area contributed by atoms with E-state index >= 15 is 0 Å². The van der Waals surface area contributed by atoms with Crippen LogP contribution in [0.1, 0.15) is 12.0 Å². The lowest BCUT2D eigenvalue weighted by Crippen LogP contribution is -2.36. The van der Waals surface area contributed by atoms with Crippen molar-refractivity contribution in [3.05, 3.63) is 30.0 Å². The number of aromatic nitrogens is 1. The maximum atomic E-state index is 5.86. The summed E-state index contributed by atoms with van der Waals surface area (Å²) in [5.74, 6) is 0. The van der Waals surface area contributed by atoms with Crippen molar-refractivity contribution >= 4 is 16.6 Å². The number of hydrogen-bond acceptors (Lipinski definition) is 3. The highest BCUT2D eigenvalue weighted by Gasteiger charge is 2.10. The van der Waals surface area contributed by atoms with Gasteiger partial charge in [-0.2, -0.15) is 0 Å². The molecule has 102 valence electrons. The van der Waals surface area contributed by atoms with E-state index in [0.717, 1.165) is 45.0 Å². The first-order chi connectivity index (χ1) is 9.33. The van der Waals surface area contributed by atoms with E-state index < -0.39 is 0 Å². The van der Waals surface area contributed by atoms with Gasteiger partial charge in [-0.1, -0.05) is 0 Å². The smallest absolute Gasteiger partial charge is 0.0594 e. The maximum absolute atomic E-state index is 5.86. The van der Waals surface area contributed by atoms with Crippen LogP contribution in [0.15, 0.2) is 24.4 Å². The normalized spacial score (nSPS) is 17.1. The Bertz CT molecular complexity index is 543. The molecule has 2 heterocycles. The fourth-order valence-electron chi connectivity index (χ4n) is 2.72. The summed E-state index contributed by atoms with van der Waals surface area (Å²) in [6.07, 6.45) is 4.39. The molecule has 0 amide bonds. The second-order valence-corrected chi connectivity index (χ2v) is 5.18. The van der Waals surface area contributed by atoms with Crippen LogP contribution in [-0.4, -0.2) is 42.7 Å². The predicted molar refractivity (Wildman–Crippen MR) is 78.3 cm³/mol. The van der Waals surface area contributed by atoms with Crippen molar-refractivity contribution in [2.75, 3.05) is 38.6 Å². The van der Waals surface area contributed by atoms with E-state index in [9.17, 15) is 0 Å². The third kappa shape index (κ3) is 2.91. The molecular weight excluding hydrogens is 238 g/mol. The van der Waals surface area contributed by atoms with Gasteiger partial charge < -0.3 is 15.5 Å². The molecule has 4 heteroatoms. The molecule has 3 N–H and O–H groups in total. The molecule has 1 saturated heterocycles. The highest BCUT2D eigenvalue weighted by Crippen LogP contribution is 2.22. The Morgan fingerprint density at radius 3 is 2.95 bits per heavy atom. The first kappa shape index (κ1) is 12.5.